The van der Waals surface area contributed by atoms with Crippen LogP contribution in [0.15, 0.2) is 18.2 Å². The average Bonchev–Trinajstić information content (AvgIpc) is 2.98. The van der Waals surface area contributed by atoms with Crippen molar-refractivity contribution in [3.05, 3.63) is 28.8 Å². The molecule has 3 rings (SSSR count). The number of nitrogens with one attached hydrogen (secondary N) is 2. The van der Waals surface area contributed by atoms with Gasteiger partial charge >= 0.3 is 0 Å². The van der Waals surface area contributed by atoms with Crippen LogP contribution in [-0.4, -0.2) is 26.6 Å². The number of sulfonamides is 1. The van der Waals surface area contributed by atoms with Crippen LogP contribution in [0, 0.1) is 11.8 Å². The monoisotopic (exact) mass is 342 g/mol. The Morgan fingerprint density at radius 1 is 1.27 bits per heavy atom. The van der Waals surface area contributed by atoms with Crippen LogP contribution in [0.1, 0.15) is 36.0 Å². The number of fused-ring (bicyclic) bond motifs is 2. The molecular weight excluding hydrogens is 324 g/mol. The molecule has 2 saturated carbocycles. The van der Waals surface area contributed by atoms with Gasteiger partial charge in [-0.3, -0.25) is 9.52 Å². The lowest BCUT2D eigenvalue weighted by Crippen LogP contribution is -2.38. The summed E-state index contributed by atoms with van der Waals surface area (Å²) in [5.74, 6) is 1.17. The van der Waals surface area contributed by atoms with Gasteiger partial charge in [0.1, 0.15) is 0 Å². The van der Waals surface area contributed by atoms with Gasteiger partial charge in [0.15, 0.2) is 0 Å². The molecule has 2 aliphatic carbocycles. The van der Waals surface area contributed by atoms with E-state index in [1.54, 1.807) is 12.1 Å². The lowest BCUT2D eigenvalue weighted by molar-refractivity contribution is 0.0923. The van der Waals surface area contributed by atoms with E-state index >= 15 is 0 Å². The van der Waals surface area contributed by atoms with Crippen LogP contribution in [-0.2, 0) is 10.0 Å². The van der Waals surface area contributed by atoms with E-state index in [0.717, 1.165) is 18.6 Å². The Morgan fingerprint density at radius 2 is 2.05 bits per heavy atom. The van der Waals surface area contributed by atoms with Gasteiger partial charge in [-0.05, 0) is 49.3 Å². The van der Waals surface area contributed by atoms with Crippen LogP contribution in [0.3, 0.4) is 0 Å². The van der Waals surface area contributed by atoms with Crippen LogP contribution in [0.2, 0.25) is 5.02 Å². The third-order valence-electron chi connectivity index (χ3n) is 4.57. The van der Waals surface area contributed by atoms with Crippen molar-refractivity contribution in [2.75, 3.05) is 11.0 Å². The molecule has 22 heavy (non-hydrogen) atoms. The summed E-state index contributed by atoms with van der Waals surface area (Å²) >= 11 is 6.12. The summed E-state index contributed by atoms with van der Waals surface area (Å²) in [6.07, 6.45) is 5.82. The highest BCUT2D eigenvalue weighted by atomic mass is 35.5. The molecule has 2 aliphatic rings. The normalized spacial score (nSPS) is 26.9. The molecule has 3 atom stereocenters. The van der Waals surface area contributed by atoms with Crippen molar-refractivity contribution in [3.63, 3.8) is 0 Å². The number of anilines is 1. The maximum Gasteiger partial charge on any atom is 0.253 e. The minimum absolute atomic E-state index is 0.187. The Bertz CT molecular complexity index is 705. The van der Waals surface area contributed by atoms with E-state index in [1.807, 2.05) is 0 Å². The second-order valence-electron chi connectivity index (χ2n) is 6.32. The second-order valence-corrected chi connectivity index (χ2v) is 8.48. The third kappa shape index (κ3) is 3.38. The van der Waals surface area contributed by atoms with Gasteiger partial charge in [-0.25, -0.2) is 8.42 Å². The van der Waals surface area contributed by atoms with E-state index in [4.69, 9.17) is 11.6 Å². The maximum absolute atomic E-state index is 12.4. The van der Waals surface area contributed by atoms with Gasteiger partial charge in [0.25, 0.3) is 5.91 Å². The number of hydrogen-bond acceptors (Lipinski definition) is 3. The number of hydrogen-bond donors (Lipinski definition) is 2. The highest BCUT2D eigenvalue weighted by Crippen LogP contribution is 2.44. The average molecular weight is 343 g/mol. The first-order valence-electron chi connectivity index (χ1n) is 7.40. The number of amides is 1. The van der Waals surface area contributed by atoms with Gasteiger partial charge in [-0.2, -0.15) is 0 Å². The van der Waals surface area contributed by atoms with Crippen molar-refractivity contribution in [1.82, 2.24) is 5.32 Å². The van der Waals surface area contributed by atoms with Crippen molar-refractivity contribution in [3.8, 4) is 0 Å². The lowest BCUT2D eigenvalue weighted by Gasteiger charge is -2.23. The summed E-state index contributed by atoms with van der Waals surface area (Å²) in [7, 11) is -3.36. The zero-order valence-electron chi connectivity index (χ0n) is 12.3. The molecule has 0 heterocycles. The molecule has 1 amide bonds. The van der Waals surface area contributed by atoms with Crippen molar-refractivity contribution in [1.29, 1.82) is 0 Å². The molecule has 0 radical (unpaired) electrons. The van der Waals surface area contributed by atoms with Crippen LogP contribution in [0.4, 0.5) is 5.69 Å². The maximum atomic E-state index is 12.4. The van der Waals surface area contributed by atoms with Crippen LogP contribution < -0.4 is 10.0 Å². The van der Waals surface area contributed by atoms with Crippen LogP contribution >= 0.6 is 11.6 Å². The van der Waals surface area contributed by atoms with Crippen molar-refractivity contribution in [2.45, 2.75) is 31.7 Å². The first kappa shape index (κ1) is 15.6. The summed E-state index contributed by atoms with van der Waals surface area (Å²) in [5.41, 5.74) is 0.729. The second kappa shape index (κ2) is 5.74. The molecule has 0 unspecified atom stereocenters. The molecular formula is C15H19ClN2O3S. The smallest absolute Gasteiger partial charge is 0.253 e. The van der Waals surface area contributed by atoms with Gasteiger partial charge in [-0.15, -0.1) is 0 Å². The van der Waals surface area contributed by atoms with E-state index in [2.05, 4.69) is 10.0 Å². The molecule has 0 aromatic heterocycles. The van der Waals surface area contributed by atoms with E-state index < -0.39 is 10.0 Å². The van der Waals surface area contributed by atoms with Gasteiger partial charge in [0, 0.05) is 11.7 Å². The van der Waals surface area contributed by atoms with Crippen molar-refractivity contribution < 1.29 is 13.2 Å². The summed E-state index contributed by atoms with van der Waals surface area (Å²) in [6, 6.07) is 4.80. The fourth-order valence-corrected chi connectivity index (χ4v) is 4.47. The Balaban J connectivity index is 1.70. The Hall–Kier alpha value is -1.27. The molecule has 0 spiro atoms. The van der Waals surface area contributed by atoms with Gasteiger partial charge < -0.3 is 5.32 Å². The molecule has 2 fully saturated rings. The van der Waals surface area contributed by atoms with E-state index in [9.17, 15) is 13.2 Å². The third-order valence-corrected chi connectivity index (χ3v) is 5.49. The van der Waals surface area contributed by atoms with Crippen LogP contribution in [0.25, 0.3) is 0 Å². The van der Waals surface area contributed by atoms with Crippen molar-refractivity contribution in [2.24, 2.45) is 11.8 Å². The Morgan fingerprint density at radius 3 is 2.59 bits per heavy atom. The number of halogens is 1. The van der Waals surface area contributed by atoms with E-state index in [0.29, 0.717) is 17.2 Å². The SMILES string of the molecule is CS(=O)(=O)Nc1ccc(C(=O)N[C@H]2C[C@@H]3CC[C@@H]2C3)c(Cl)c1. The fraction of sp³-hybridized carbons (Fsp3) is 0.533. The van der Waals surface area contributed by atoms with Crippen LogP contribution in [0.5, 0.6) is 0 Å². The number of benzene rings is 1. The summed E-state index contributed by atoms with van der Waals surface area (Å²) in [4.78, 5) is 12.4. The molecule has 0 aliphatic heterocycles. The molecule has 0 saturated heterocycles. The topological polar surface area (TPSA) is 75.3 Å². The first-order chi connectivity index (χ1) is 10.3. The zero-order chi connectivity index (χ0) is 15.9. The molecule has 1 aromatic carbocycles. The summed E-state index contributed by atoms with van der Waals surface area (Å²) in [6.45, 7) is 0. The Labute approximate surface area is 135 Å². The van der Waals surface area contributed by atoms with Gasteiger partial charge in [0.05, 0.1) is 16.8 Å². The molecule has 5 nitrogen and oxygen atoms in total. The zero-order valence-corrected chi connectivity index (χ0v) is 13.9. The number of carbonyl (C=O) groups excluding carboxylic acids is 1. The number of rotatable bonds is 4. The standard InChI is InChI=1S/C15H19ClN2O3S/c1-22(20,21)18-11-4-5-12(13(16)8-11)15(19)17-14-7-9-2-3-10(14)6-9/h4-5,8-10,14,18H,2-3,6-7H2,1H3,(H,17,19)/t9-,10-,14+/m1/s1. The molecule has 7 heteroatoms. The minimum Gasteiger partial charge on any atom is -0.349 e. The van der Waals surface area contributed by atoms with E-state index in [-0.39, 0.29) is 17.0 Å². The Kier molecular flexibility index (Phi) is 4.07. The quantitative estimate of drug-likeness (QED) is 0.883. The minimum atomic E-state index is -3.36. The summed E-state index contributed by atoms with van der Waals surface area (Å²) in [5, 5.41) is 3.32. The first-order valence-corrected chi connectivity index (χ1v) is 9.67. The number of carbonyl (C=O) groups is 1. The van der Waals surface area contributed by atoms with Gasteiger partial charge in [-0.1, -0.05) is 18.0 Å². The summed E-state index contributed by atoms with van der Waals surface area (Å²) < 4.78 is 24.7. The van der Waals surface area contributed by atoms with E-state index in [1.165, 1.54) is 25.3 Å². The highest BCUT2D eigenvalue weighted by Gasteiger charge is 2.40. The van der Waals surface area contributed by atoms with Crippen molar-refractivity contribution >= 4 is 33.2 Å². The highest BCUT2D eigenvalue weighted by molar-refractivity contribution is 7.92. The lowest BCUT2D eigenvalue weighted by atomic mass is 9.95. The molecule has 1 aromatic rings. The largest absolute Gasteiger partial charge is 0.349 e. The fourth-order valence-electron chi connectivity index (χ4n) is 3.64. The predicted octanol–water partition coefficient (Wildman–Crippen LogP) is 2.63. The van der Waals surface area contributed by atoms with Gasteiger partial charge in [0.2, 0.25) is 10.0 Å². The molecule has 2 bridgehead atoms. The molecule has 2 N–H and O–H groups in total. The predicted molar refractivity (Wildman–Crippen MR) is 86.6 cm³/mol. The molecule has 120 valence electrons.